The second-order valence-corrected chi connectivity index (χ2v) is 9.93. The molecule has 5 rings (SSSR count). The number of benzene rings is 3. The number of fused-ring (bicyclic) bond motifs is 2. The molecule has 0 amide bonds. The second kappa shape index (κ2) is 9.15. The Morgan fingerprint density at radius 1 is 1.09 bits per heavy atom. The fourth-order valence-corrected chi connectivity index (χ4v) is 4.92. The molecule has 3 aromatic rings. The lowest BCUT2D eigenvalue weighted by Crippen LogP contribution is -2.34. The molecule has 0 aromatic heterocycles. The van der Waals surface area contributed by atoms with Gasteiger partial charge < -0.3 is 9.47 Å². The van der Waals surface area contributed by atoms with Crippen molar-refractivity contribution in [2.45, 2.75) is 19.9 Å². The summed E-state index contributed by atoms with van der Waals surface area (Å²) < 4.78 is 13.1. The van der Waals surface area contributed by atoms with Crippen LogP contribution in [0.4, 0.5) is 0 Å². The van der Waals surface area contributed by atoms with Crippen LogP contribution in [-0.2, 0) is 13.0 Å². The number of Topliss-reactive ketones (excluding diaryl/α,β-unsaturated/α-hetero) is 1. The summed E-state index contributed by atoms with van der Waals surface area (Å²) in [6.45, 7) is 3.87. The Balaban J connectivity index is 1.35. The van der Waals surface area contributed by atoms with Crippen LogP contribution in [0.3, 0.4) is 0 Å². The van der Waals surface area contributed by atoms with Gasteiger partial charge in [-0.3, -0.25) is 9.69 Å². The van der Waals surface area contributed by atoms with E-state index in [2.05, 4.69) is 20.8 Å². The number of rotatable bonds is 4. The summed E-state index contributed by atoms with van der Waals surface area (Å²) in [5.41, 5.74) is 4.38. The summed E-state index contributed by atoms with van der Waals surface area (Å²) >= 11 is 15.7. The Morgan fingerprint density at radius 3 is 2.64 bits per heavy atom. The standard InChI is InChI=1S/C26H20BrCl2NO3/c1-15-25-18(13-30(14-32-25)9-8-17-4-7-20(28)12-22(17)29)11-21-24(31)23(33-26(15)21)10-16-2-5-19(27)6-3-16/h2-7,10-12H,8-9,13-14H2,1H3/b23-10-. The van der Waals surface area contributed by atoms with Gasteiger partial charge in [0.2, 0.25) is 5.78 Å². The number of ether oxygens (including phenoxy) is 2. The summed E-state index contributed by atoms with van der Waals surface area (Å²) in [4.78, 5) is 15.3. The van der Waals surface area contributed by atoms with Crippen LogP contribution in [0.25, 0.3) is 6.08 Å². The van der Waals surface area contributed by atoms with Crippen molar-refractivity contribution < 1.29 is 14.3 Å². The molecule has 0 fully saturated rings. The highest BCUT2D eigenvalue weighted by Crippen LogP contribution is 2.43. The first kappa shape index (κ1) is 22.5. The van der Waals surface area contributed by atoms with Gasteiger partial charge in [-0.05, 0) is 60.9 Å². The maximum absolute atomic E-state index is 13.1. The van der Waals surface area contributed by atoms with Crippen LogP contribution in [0.15, 0.2) is 58.8 Å². The van der Waals surface area contributed by atoms with E-state index in [1.807, 2.05) is 49.4 Å². The number of hydrogen-bond acceptors (Lipinski definition) is 4. The van der Waals surface area contributed by atoms with Crippen molar-refractivity contribution in [3.05, 3.63) is 96.6 Å². The summed E-state index contributed by atoms with van der Waals surface area (Å²) in [5.74, 6) is 1.60. The van der Waals surface area contributed by atoms with Gasteiger partial charge in [0.1, 0.15) is 18.2 Å². The third-order valence-corrected chi connectivity index (χ3v) is 7.00. The van der Waals surface area contributed by atoms with Crippen molar-refractivity contribution in [1.29, 1.82) is 0 Å². The lowest BCUT2D eigenvalue weighted by atomic mass is 10.00. The summed E-state index contributed by atoms with van der Waals surface area (Å²) in [6, 6.07) is 15.2. The number of halogens is 3. The van der Waals surface area contributed by atoms with Crippen LogP contribution in [0, 0.1) is 6.92 Å². The Labute approximate surface area is 210 Å². The molecule has 0 N–H and O–H groups in total. The van der Waals surface area contributed by atoms with Gasteiger partial charge in [-0.2, -0.15) is 0 Å². The molecule has 0 aliphatic carbocycles. The molecule has 0 atom stereocenters. The van der Waals surface area contributed by atoms with Gasteiger partial charge in [0.15, 0.2) is 5.76 Å². The molecule has 0 unspecified atom stereocenters. The average molecular weight is 545 g/mol. The molecule has 33 heavy (non-hydrogen) atoms. The van der Waals surface area contributed by atoms with E-state index in [-0.39, 0.29) is 5.78 Å². The zero-order chi connectivity index (χ0) is 23.1. The van der Waals surface area contributed by atoms with E-state index in [1.165, 1.54) is 0 Å². The Bertz CT molecular complexity index is 1290. The third-order valence-electron chi connectivity index (χ3n) is 5.88. The van der Waals surface area contributed by atoms with Gasteiger partial charge in [0.25, 0.3) is 0 Å². The minimum atomic E-state index is -0.108. The van der Waals surface area contributed by atoms with Crippen LogP contribution in [0.5, 0.6) is 11.5 Å². The van der Waals surface area contributed by atoms with Crippen LogP contribution >= 0.6 is 39.1 Å². The highest BCUT2D eigenvalue weighted by molar-refractivity contribution is 9.10. The van der Waals surface area contributed by atoms with E-state index in [0.717, 1.165) is 45.4 Å². The summed E-state index contributed by atoms with van der Waals surface area (Å²) in [5, 5.41) is 1.30. The molecule has 4 nitrogen and oxygen atoms in total. The molecular weight excluding hydrogens is 525 g/mol. The van der Waals surface area contributed by atoms with Crippen molar-refractivity contribution in [1.82, 2.24) is 4.90 Å². The molecule has 0 saturated carbocycles. The molecule has 7 heteroatoms. The summed E-state index contributed by atoms with van der Waals surface area (Å²) in [7, 11) is 0. The lowest BCUT2D eigenvalue weighted by Gasteiger charge is -2.30. The number of carbonyl (C=O) groups excluding carboxylic acids is 1. The van der Waals surface area contributed by atoms with Crippen molar-refractivity contribution in [2.24, 2.45) is 0 Å². The second-order valence-electron chi connectivity index (χ2n) is 8.17. The Kier molecular flexibility index (Phi) is 6.23. The molecule has 0 radical (unpaired) electrons. The average Bonchev–Trinajstić information content (AvgIpc) is 3.10. The maximum Gasteiger partial charge on any atom is 0.231 e. The van der Waals surface area contributed by atoms with E-state index in [4.69, 9.17) is 32.7 Å². The van der Waals surface area contributed by atoms with Crippen molar-refractivity contribution >= 4 is 51.0 Å². The molecule has 2 heterocycles. The summed E-state index contributed by atoms with van der Waals surface area (Å²) in [6.07, 6.45) is 2.55. The predicted molar refractivity (Wildman–Crippen MR) is 134 cm³/mol. The first-order valence-corrected chi connectivity index (χ1v) is 12.1. The van der Waals surface area contributed by atoms with Gasteiger partial charge in [0, 0.05) is 38.7 Å². The lowest BCUT2D eigenvalue weighted by molar-refractivity contribution is 0.0954. The number of ketones is 1. The quantitative estimate of drug-likeness (QED) is 0.329. The van der Waals surface area contributed by atoms with E-state index in [1.54, 1.807) is 12.1 Å². The van der Waals surface area contributed by atoms with Gasteiger partial charge in [-0.25, -0.2) is 0 Å². The number of hydrogen-bond donors (Lipinski definition) is 0. The van der Waals surface area contributed by atoms with E-state index < -0.39 is 0 Å². The molecule has 168 valence electrons. The number of carbonyl (C=O) groups is 1. The van der Waals surface area contributed by atoms with Crippen LogP contribution in [-0.4, -0.2) is 24.0 Å². The fraction of sp³-hybridized carbons (Fsp3) is 0.192. The highest BCUT2D eigenvalue weighted by Gasteiger charge is 2.33. The fourth-order valence-electron chi connectivity index (χ4n) is 4.15. The number of nitrogens with zero attached hydrogens (tertiary/aromatic N) is 1. The monoisotopic (exact) mass is 543 g/mol. The molecule has 2 aliphatic rings. The van der Waals surface area contributed by atoms with Gasteiger partial charge in [-0.1, -0.05) is 57.3 Å². The Morgan fingerprint density at radius 2 is 1.88 bits per heavy atom. The van der Waals surface area contributed by atoms with Gasteiger partial charge in [-0.15, -0.1) is 0 Å². The van der Waals surface area contributed by atoms with Gasteiger partial charge >= 0.3 is 0 Å². The third kappa shape index (κ3) is 4.56. The predicted octanol–water partition coefficient (Wildman–Crippen LogP) is 7.08. The molecular formula is C26H20BrCl2NO3. The number of allylic oxidation sites excluding steroid dienone is 1. The van der Waals surface area contributed by atoms with Crippen LogP contribution < -0.4 is 9.47 Å². The molecule has 0 bridgehead atoms. The Hall–Kier alpha value is -2.31. The topological polar surface area (TPSA) is 38.8 Å². The zero-order valence-corrected chi connectivity index (χ0v) is 20.9. The molecule has 2 aliphatic heterocycles. The molecule has 3 aromatic carbocycles. The normalized spacial score (nSPS) is 16.4. The smallest absolute Gasteiger partial charge is 0.231 e. The van der Waals surface area contributed by atoms with E-state index in [9.17, 15) is 4.79 Å². The van der Waals surface area contributed by atoms with E-state index >= 15 is 0 Å². The largest absolute Gasteiger partial charge is 0.477 e. The van der Waals surface area contributed by atoms with Crippen LogP contribution in [0.2, 0.25) is 10.0 Å². The highest BCUT2D eigenvalue weighted by atomic mass is 79.9. The molecule has 0 spiro atoms. The minimum absolute atomic E-state index is 0.108. The first-order chi connectivity index (χ1) is 15.9. The van der Waals surface area contributed by atoms with Crippen LogP contribution in [0.1, 0.15) is 32.6 Å². The SMILES string of the molecule is Cc1c2c(cc3c1O/C(=C\c1ccc(Br)cc1)C3=O)CN(CCc1ccc(Cl)cc1Cl)CO2. The van der Waals surface area contributed by atoms with Crippen molar-refractivity contribution in [3.8, 4) is 11.5 Å². The zero-order valence-electron chi connectivity index (χ0n) is 17.8. The van der Waals surface area contributed by atoms with Crippen molar-refractivity contribution in [3.63, 3.8) is 0 Å². The van der Waals surface area contributed by atoms with Gasteiger partial charge in [0.05, 0.1) is 5.56 Å². The first-order valence-electron chi connectivity index (χ1n) is 10.5. The maximum atomic E-state index is 13.1. The molecule has 0 saturated heterocycles. The van der Waals surface area contributed by atoms with E-state index in [0.29, 0.717) is 40.4 Å². The minimum Gasteiger partial charge on any atom is -0.477 e. The van der Waals surface area contributed by atoms with Crippen molar-refractivity contribution in [2.75, 3.05) is 13.3 Å².